The van der Waals surface area contributed by atoms with Crippen molar-refractivity contribution in [3.63, 3.8) is 0 Å². The van der Waals surface area contributed by atoms with Gasteiger partial charge in [0.25, 0.3) is 0 Å². The second kappa shape index (κ2) is 5.70. The van der Waals surface area contributed by atoms with Gasteiger partial charge in [-0.2, -0.15) is 5.10 Å². The number of hydrogen-bond acceptors (Lipinski definition) is 2. The zero-order valence-electron chi connectivity index (χ0n) is 12.4. The Kier molecular flexibility index (Phi) is 3.77. The number of nitrogens with one attached hydrogen (secondary N) is 1. The summed E-state index contributed by atoms with van der Waals surface area (Å²) in [5.41, 5.74) is 6.77. The second-order valence-electron chi connectivity index (χ2n) is 5.61. The van der Waals surface area contributed by atoms with Gasteiger partial charge in [-0.25, -0.2) is 0 Å². The summed E-state index contributed by atoms with van der Waals surface area (Å²) >= 11 is 0. The van der Waals surface area contributed by atoms with E-state index >= 15 is 0 Å². The van der Waals surface area contributed by atoms with Gasteiger partial charge < -0.3 is 5.32 Å². The van der Waals surface area contributed by atoms with Crippen molar-refractivity contribution in [3.05, 3.63) is 46.8 Å². The lowest BCUT2D eigenvalue weighted by atomic mass is 9.90. The fraction of sp³-hybridized carbons (Fsp3) is 0.471. The van der Waals surface area contributed by atoms with E-state index < -0.39 is 0 Å². The summed E-state index contributed by atoms with van der Waals surface area (Å²) in [6.45, 7) is 2.99. The minimum Gasteiger partial charge on any atom is -0.379 e. The molecule has 1 heterocycles. The largest absolute Gasteiger partial charge is 0.379 e. The molecule has 3 rings (SSSR count). The molecule has 3 heteroatoms. The Bertz CT molecular complexity index is 598. The number of aromatic nitrogens is 2. The van der Waals surface area contributed by atoms with Crippen molar-refractivity contribution < 1.29 is 0 Å². The summed E-state index contributed by atoms with van der Waals surface area (Å²) in [7, 11) is 2.02. The molecule has 0 saturated carbocycles. The summed E-state index contributed by atoms with van der Waals surface area (Å²) < 4.78 is 1.99. The van der Waals surface area contributed by atoms with Gasteiger partial charge in [0, 0.05) is 12.7 Å². The minimum absolute atomic E-state index is 0.847. The van der Waals surface area contributed by atoms with Crippen LogP contribution in [0.3, 0.4) is 0 Å². The minimum atomic E-state index is 0.847. The van der Waals surface area contributed by atoms with Crippen LogP contribution in [0.15, 0.2) is 24.3 Å². The van der Waals surface area contributed by atoms with Crippen molar-refractivity contribution in [3.8, 4) is 0 Å². The van der Waals surface area contributed by atoms with E-state index in [1.807, 2.05) is 11.7 Å². The third kappa shape index (κ3) is 2.58. The van der Waals surface area contributed by atoms with Gasteiger partial charge in [-0.05, 0) is 55.4 Å². The van der Waals surface area contributed by atoms with Gasteiger partial charge in [-0.15, -0.1) is 0 Å². The molecular weight excluding hydrogens is 246 g/mol. The number of rotatable bonds is 4. The molecular formula is C17H23N3. The van der Waals surface area contributed by atoms with E-state index in [4.69, 9.17) is 0 Å². The van der Waals surface area contributed by atoms with E-state index in [1.54, 1.807) is 0 Å². The summed E-state index contributed by atoms with van der Waals surface area (Å²) in [4.78, 5) is 0. The molecule has 0 amide bonds. The van der Waals surface area contributed by atoms with Gasteiger partial charge in [0.2, 0.25) is 0 Å². The lowest BCUT2D eigenvalue weighted by molar-refractivity contribution is 0.684. The predicted octanol–water partition coefficient (Wildman–Crippen LogP) is 3.47. The summed E-state index contributed by atoms with van der Waals surface area (Å²) in [5.74, 6) is 0. The molecule has 0 spiro atoms. The summed E-state index contributed by atoms with van der Waals surface area (Å²) in [5, 5.41) is 8.11. The molecule has 1 aromatic carbocycles. The van der Waals surface area contributed by atoms with Crippen LogP contribution in [0.25, 0.3) is 0 Å². The highest BCUT2D eigenvalue weighted by atomic mass is 15.3. The maximum Gasteiger partial charge on any atom is 0.0625 e. The molecule has 1 aromatic heterocycles. The normalized spacial score (nSPS) is 14.1. The molecule has 0 saturated heterocycles. The fourth-order valence-corrected chi connectivity index (χ4v) is 3.04. The molecule has 1 aliphatic rings. The maximum atomic E-state index is 4.51. The molecule has 0 radical (unpaired) electrons. The lowest BCUT2D eigenvalue weighted by Gasteiger charge is -2.20. The van der Waals surface area contributed by atoms with Crippen molar-refractivity contribution in [1.82, 2.24) is 9.78 Å². The maximum absolute atomic E-state index is 4.51. The van der Waals surface area contributed by atoms with Crippen LogP contribution in [-0.2, 0) is 32.9 Å². The van der Waals surface area contributed by atoms with Crippen LogP contribution >= 0.6 is 0 Å². The zero-order chi connectivity index (χ0) is 13.9. The van der Waals surface area contributed by atoms with Crippen molar-refractivity contribution in [1.29, 1.82) is 0 Å². The first-order chi connectivity index (χ1) is 9.78. The average molecular weight is 269 g/mol. The SMILES string of the molecule is CCc1cc(CNc2cccc3c2CCCC3)n(C)n1. The average Bonchev–Trinajstić information content (AvgIpc) is 2.85. The molecule has 0 unspecified atom stereocenters. The van der Waals surface area contributed by atoms with Crippen LogP contribution in [-0.4, -0.2) is 9.78 Å². The molecule has 3 nitrogen and oxygen atoms in total. The van der Waals surface area contributed by atoms with Crippen molar-refractivity contribution in [2.75, 3.05) is 5.32 Å². The van der Waals surface area contributed by atoms with Crippen LogP contribution < -0.4 is 5.32 Å². The van der Waals surface area contributed by atoms with Crippen molar-refractivity contribution >= 4 is 5.69 Å². The van der Waals surface area contributed by atoms with Crippen LogP contribution in [0, 0.1) is 0 Å². The van der Waals surface area contributed by atoms with Gasteiger partial charge in [0.05, 0.1) is 17.9 Å². The predicted molar refractivity (Wildman–Crippen MR) is 83.0 cm³/mol. The molecule has 2 aromatic rings. The number of nitrogens with zero attached hydrogens (tertiary/aromatic N) is 2. The zero-order valence-corrected chi connectivity index (χ0v) is 12.4. The van der Waals surface area contributed by atoms with E-state index in [0.29, 0.717) is 0 Å². The van der Waals surface area contributed by atoms with Gasteiger partial charge >= 0.3 is 0 Å². The third-order valence-corrected chi connectivity index (χ3v) is 4.25. The number of aryl methyl sites for hydroxylation is 3. The van der Waals surface area contributed by atoms with E-state index in [9.17, 15) is 0 Å². The number of hydrogen-bond donors (Lipinski definition) is 1. The Morgan fingerprint density at radius 3 is 2.90 bits per heavy atom. The van der Waals surface area contributed by atoms with Crippen molar-refractivity contribution in [2.24, 2.45) is 7.05 Å². The monoisotopic (exact) mass is 269 g/mol. The molecule has 106 valence electrons. The van der Waals surface area contributed by atoms with Crippen LogP contribution in [0.2, 0.25) is 0 Å². The molecule has 20 heavy (non-hydrogen) atoms. The molecule has 0 fully saturated rings. The highest BCUT2D eigenvalue weighted by Gasteiger charge is 2.13. The van der Waals surface area contributed by atoms with Crippen LogP contribution in [0.1, 0.15) is 42.3 Å². The number of fused-ring (bicyclic) bond motifs is 1. The number of benzene rings is 1. The Morgan fingerprint density at radius 1 is 1.25 bits per heavy atom. The third-order valence-electron chi connectivity index (χ3n) is 4.25. The quantitative estimate of drug-likeness (QED) is 0.921. The van der Waals surface area contributed by atoms with Crippen LogP contribution in [0.5, 0.6) is 0 Å². The Labute approximate surface area is 121 Å². The first-order valence-corrected chi connectivity index (χ1v) is 7.64. The molecule has 1 aliphatic carbocycles. The summed E-state index contributed by atoms with van der Waals surface area (Å²) in [6, 6.07) is 8.86. The standard InChI is InChI=1S/C17H23N3/c1-3-14-11-15(20(2)19-14)12-18-17-10-6-8-13-7-4-5-9-16(13)17/h6,8,10-11,18H,3-5,7,9,12H2,1-2H3. The van der Waals surface area contributed by atoms with Gasteiger partial charge in [0.15, 0.2) is 0 Å². The van der Waals surface area contributed by atoms with E-state index in [0.717, 1.165) is 13.0 Å². The second-order valence-corrected chi connectivity index (χ2v) is 5.61. The molecule has 0 atom stereocenters. The fourth-order valence-electron chi connectivity index (χ4n) is 3.04. The van der Waals surface area contributed by atoms with E-state index in [2.05, 4.69) is 41.6 Å². The Morgan fingerprint density at radius 2 is 2.10 bits per heavy atom. The molecule has 0 bridgehead atoms. The highest BCUT2D eigenvalue weighted by Crippen LogP contribution is 2.28. The number of anilines is 1. The Hall–Kier alpha value is -1.77. The van der Waals surface area contributed by atoms with E-state index in [1.165, 1.54) is 53.9 Å². The van der Waals surface area contributed by atoms with Gasteiger partial charge in [-0.3, -0.25) is 4.68 Å². The topological polar surface area (TPSA) is 29.9 Å². The van der Waals surface area contributed by atoms with Crippen LogP contribution in [0.4, 0.5) is 5.69 Å². The first kappa shape index (κ1) is 13.2. The van der Waals surface area contributed by atoms with Gasteiger partial charge in [-0.1, -0.05) is 19.1 Å². The highest BCUT2D eigenvalue weighted by molar-refractivity contribution is 5.55. The Balaban J connectivity index is 1.76. The molecule has 1 N–H and O–H groups in total. The van der Waals surface area contributed by atoms with E-state index in [-0.39, 0.29) is 0 Å². The lowest BCUT2D eigenvalue weighted by Crippen LogP contribution is -2.10. The summed E-state index contributed by atoms with van der Waals surface area (Å²) in [6.07, 6.45) is 6.09. The van der Waals surface area contributed by atoms with Crippen molar-refractivity contribution in [2.45, 2.75) is 45.6 Å². The van der Waals surface area contributed by atoms with Gasteiger partial charge in [0.1, 0.15) is 0 Å². The first-order valence-electron chi connectivity index (χ1n) is 7.64. The smallest absolute Gasteiger partial charge is 0.0625 e. The molecule has 0 aliphatic heterocycles.